The fourth-order valence-corrected chi connectivity index (χ4v) is 6.66. The lowest BCUT2D eigenvalue weighted by Crippen LogP contribution is -2.19. The number of carbonyl (C=O) groups is 2. The molecule has 48 heavy (non-hydrogen) atoms. The van der Waals surface area contributed by atoms with E-state index in [1.54, 1.807) is 54.6 Å². The third-order valence-electron chi connectivity index (χ3n) is 7.74. The van der Waals surface area contributed by atoms with Crippen molar-refractivity contribution in [3.8, 4) is 22.8 Å². The van der Waals surface area contributed by atoms with Gasteiger partial charge >= 0.3 is 5.97 Å². The minimum atomic E-state index is -3.91. The zero-order chi connectivity index (χ0) is 33.8. The van der Waals surface area contributed by atoms with Crippen molar-refractivity contribution in [1.29, 1.82) is 0 Å². The number of carbonyl (C=O) groups excluding carboxylic acids is 2. The standard InChI is InChI=1S/C37H32N4O6S/c1-25-10-13-30(14-11-25)48(44,45)41-21-18-31-33(41)15-16-34(36(31)37(43)38-2)47-29-9-5-8-28(23-29)32-19-20-40(39-32)24-27-7-4-6-26(22-27)12-17-35(42)46-3/h4-23H,24H2,1-3H3,(H,38,43)/b17-12+. The summed E-state index contributed by atoms with van der Waals surface area (Å²) in [5.41, 5.74) is 4.92. The number of methoxy groups -OCH3 is 1. The molecule has 11 heteroatoms. The summed E-state index contributed by atoms with van der Waals surface area (Å²) in [5.74, 6) is -0.0856. The Morgan fingerprint density at radius 1 is 0.917 bits per heavy atom. The molecule has 0 unspecified atom stereocenters. The van der Waals surface area contributed by atoms with Gasteiger partial charge in [-0.3, -0.25) is 9.48 Å². The Morgan fingerprint density at radius 2 is 1.71 bits per heavy atom. The van der Waals surface area contributed by atoms with Gasteiger partial charge in [-0.1, -0.05) is 48.0 Å². The first-order valence-corrected chi connectivity index (χ1v) is 16.5. The number of fused-ring (bicyclic) bond motifs is 1. The van der Waals surface area contributed by atoms with E-state index in [0.717, 1.165) is 27.9 Å². The van der Waals surface area contributed by atoms with Crippen LogP contribution in [0.1, 0.15) is 27.0 Å². The van der Waals surface area contributed by atoms with Gasteiger partial charge in [0.1, 0.15) is 11.5 Å². The molecule has 0 bridgehead atoms. The summed E-state index contributed by atoms with van der Waals surface area (Å²) in [6.45, 7) is 2.41. The van der Waals surface area contributed by atoms with E-state index in [1.807, 2.05) is 66.3 Å². The van der Waals surface area contributed by atoms with Crippen molar-refractivity contribution in [1.82, 2.24) is 19.1 Å². The van der Waals surface area contributed by atoms with Crippen molar-refractivity contribution in [2.24, 2.45) is 0 Å². The number of hydrogen-bond donors (Lipinski definition) is 1. The fraction of sp³-hybridized carbons (Fsp3) is 0.108. The van der Waals surface area contributed by atoms with Crippen LogP contribution in [0, 0.1) is 6.92 Å². The lowest BCUT2D eigenvalue weighted by Gasteiger charge is -2.14. The van der Waals surface area contributed by atoms with Crippen LogP contribution in [0.5, 0.6) is 11.5 Å². The first-order chi connectivity index (χ1) is 23.2. The summed E-state index contributed by atoms with van der Waals surface area (Å²) in [4.78, 5) is 24.8. The normalized spacial score (nSPS) is 11.6. The summed E-state index contributed by atoms with van der Waals surface area (Å²) in [6, 6.07) is 28.5. The zero-order valence-electron chi connectivity index (χ0n) is 26.5. The molecule has 0 aliphatic carbocycles. The topological polar surface area (TPSA) is 122 Å². The molecular formula is C37H32N4O6S. The van der Waals surface area contributed by atoms with Crippen molar-refractivity contribution in [3.05, 3.63) is 138 Å². The van der Waals surface area contributed by atoms with Crippen LogP contribution in [0.4, 0.5) is 0 Å². The summed E-state index contributed by atoms with van der Waals surface area (Å²) in [7, 11) is -1.06. The average Bonchev–Trinajstić information content (AvgIpc) is 3.75. The maximum atomic E-state index is 13.5. The molecule has 0 spiro atoms. The molecule has 242 valence electrons. The van der Waals surface area contributed by atoms with Crippen molar-refractivity contribution in [2.75, 3.05) is 14.2 Å². The number of nitrogens with zero attached hydrogens (tertiary/aromatic N) is 3. The summed E-state index contributed by atoms with van der Waals surface area (Å²) in [6.07, 6.45) is 6.41. The third-order valence-corrected chi connectivity index (χ3v) is 9.44. The minimum Gasteiger partial charge on any atom is -0.466 e. The average molecular weight is 661 g/mol. The Balaban J connectivity index is 1.26. The summed E-state index contributed by atoms with van der Waals surface area (Å²) in [5, 5.41) is 7.82. The quantitative estimate of drug-likeness (QED) is 0.133. The number of aromatic nitrogens is 3. The number of amides is 1. The van der Waals surface area contributed by atoms with Gasteiger partial charge in [0.25, 0.3) is 15.9 Å². The van der Waals surface area contributed by atoms with Gasteiger partial charge in [0, 0.05) is 36.5 Å². The van der Waals surface area contributed by atoms with Crippen LogP contribution in [0.3, 0.4) is 0 Å². The molecule has 0 saturated heterocycles. The molecular weight excluding hydrogens is 628 g/mol. The van der Waals surface area contributed by atoms with Crippen LogP contribution in [0.2, 0.25) is 0 Å². The van der Waals surface area contributed by atoms with E-state index in [0.29, 0.717) is 23.2 Å². The summed E-state index contributed by atoms with van der Waals surface area (Å²) < 4.78 is 40.9. The van der Waals surface area contributed by atoms with Crippen LogP contribution < -0.4 is 10.1 Å². The van der Waals surface area contributed by atoms with Gasteiger partial charge in [-0.05, 0) is 78.7 Å². The van der Waals surface area contributed by atoms with Crippen molar-refractivity contribution in [2.45, 2.75) is 18.4 Å². The molecule has 0 saturated carbocycles. The molecule has 1 amide bonds. The maximum absolute atomic E-state index is 13.5. The molecule has 4 aromatic carbocycles. The monoisotopic (exact) mass is 660 g/mol. The minimum absolute atomic E-state index is 0.146. The zero-order valence-corrected chi connectivity index (χ0v) is 27.3. The number of rotatable bonds is 10. The van der Waals surface area contributed by atoms with E-state index in [4.69, 9.17) is 9.84 Å². The Hall–Kier alpha value is -5.94. The van der Waals surface area contributed by atoms with Crippen LogP contribution in [0.15, 0.2) is 120 Å². The first-order valence-electron chi connectivity index (χ1n) is 15.0. The first kappa shape index (κ1) is 32.0. The highest BCUT2D eigenvalue weighted by atomic mass is 32.2. The van der Waals surface area contributed by atoms with E-state index in [1.165, 1.54) is 30.4 Å². The van der Waals surface area contributed by atoms with E-state index in [9.17, 15) is 18.0 Å². The molecule has 0 aliphatic heterocycles. The Labute approximate surface area is 277 Å². The van der Waals surface area contributed by atoms with Crippen molar-refractivity contribution >= 4 is 38.9 Å². The second-order valence-corrected chi connectivity index (χ2v) is 12.8. The Morgan fingerprint density at radius 3 is 2.48 bits per heavy atom. The number of nitrogens with one attached hydrogen (secondary N) is 1. The number of ether oxygens (including phenoxy) is 2. The third kappa shape index (κ3) is 6.62. The van der Waals surface area contributed by atoms with Crippen LogP contribution in [0.25, 0.3) is 28.2 Å². The lowest BCUT2D eigenvalue weighted by atomic mass is 10.1. The summed E-state index contributed by atoms with van der Waals surface area (Å²) >= 11 is 0. The molecule has 2 heterocycles. The number of hydrogen-bond acceptors (Lipinski definition) is 7. The van der Waals surface area contributed by atoms with E-state index < -0.39 is 21.9 Å². The smallest absolute Gasteiger partial charge is 0.330 e. The lowest BCUT2D eigenvalue weighted by molar-refractivity contribution is -0.134. The van der Waals surface area contributed by atoms with E-state index >= 15 is 0 Å². The molecule has 6 aromatic rings. The number of aryl methyl sites for hydroxylation is 1. The van der Waals surface area contributed by atoms with Crippen LogP contribution >= 0.6 is 0 Å². The second kappa shape index (κ2) is 13.4. The maximum Gasteiger partial charge on any atom is 0.330 e. The molecule has 6 rings (SSSR count). The molecule has 0 radical (unpaired) electrons. The number of benzene rings is 4. The number of esters is 1. The molecule has 10 nitrogen and oxygen atoms in total. The largest absolute Gasteiger partial charge is 0.466 e. The van der Waals surface area contributed by atoms with E-state index in [2.05, 4.69) is 10.1 Å². The van der Waals surface area contributed by atoms with Gasteiger partial charge in [-0.2, -0.15) is 5.10 Å². The van der Waals surface area contributed by atoms with Gasteiger partial charge in [-0.25, -0.2) is 17.2 Å². The molecule has 0 atom stereocenters. The Kier molecular flexibility index (Phi) is 8.95. The molecule has 0 aliphatic rings. The fourth-order valence-electron chi connectivity index (χ4n) is 5.31. The van der Waals surface area contributed by atoms with Gasteiger partial charge in [0.2, 0.25) is 0 Å². The SMILES string of the molecule is CNC(=O)c1c(Oc2cccc(-c3ccn(Cc4cccc(/C=C/C(=O)OC)c4)n3)c2)ccc2c1ccn2S(=O)(=O)c1ccc(C)cc1. The van der Waals surface area contributed by atoms with Gasteiger partial charge in [0.15, 0.2) is 0 Å². The van der Waals surface area contributed by atoms with Crippen molar-refractivity contribution < 1.29 is 27.5 Å². The molecule has 2 aromatic heterocycles. The van der Waals surface area contributed by atoms with Crippen molar-refractivity contribution in [3.63, 3.8) is 0 Å². The van der Waals surface area contributed by atoms with Gasteiger partial charge in [0.05, 0.1) is 35.3 Å². The highest BCUT2D eigenvalue weighted by molar-refractivity contribution is 7.90. The van der Waals surface area contributed by atoms with E-state index in [-0.39, 0.29) is 16.2 Å². The van der Waals surface area contributed by atoms with Gasteiger partial charge in [-0.15, -0.1) is 0 Å². The molecule has 1 N–H and O–H groups in total. The van der Waals surface area contributed by atoms with Crippen LogP contribution in [-0.2, 0) is 26.1 Å². The highest BCUT2D eigenvalue weighted by Gasteiger charge is 2.24. The molecule has 0 fully saturated rings. The second-order valence-electron chi connectivity index (χ2n) is 11.0. The highest BCUT2D eigenvalue weighted by Crippen LogP contribution is 2.35. The Bertz CT molecular complexity index is 2280. The van der Waals surface area contributed by atoms with Gasteiger partial charge < -0.3 is 14.8 Å². The predicted octanol–water partition coefficient (Wildman–Crippen LogP) is 6.44. The van der Waals surface area contributed by atoms with Crippen LogP contribution in [-0.4, -0.2) is 48.2 Å². The predicted molar refractivity (Wildman–Crippen MR) is 183 cm³/mol.